The second-order valence-corrected chi connectivity index (χ2v) is 6.32. The molecule has 106 valence electrons. The maximum Gasteiger partial charge on any atom is 0.150 e. The maximum atomic E-state index is 4.32. The fraction of sp³-hybridized carbons (Fsp3) is 0.467. The summed E-state index contributed by atoms with van der Waals surface area (Å²) in [5, 5.41) is 14.2. The Morgan fingerprint density at radius 3 is 2.85 bits per heavy atom. The van der Waals surface area contributed by atoms with Crippen LogP contribution in [0, 0.1) is 0 Å². The number of nitrogens with zero attached hydrogens (tertiary/aromatic N) is 3. The predicted molar refractivity (Wildman–Crippen MR) is 83.2 cm³/mol. The molecule has 1 aliphatic carbocycles. The summed E-state index contributed by atoms with van der Waals surface area (Å²) < 4.78 is 0. The minimum atomic E-state index is 0.713. The molecule has 0 aliphatic heterocycles. The smallest absolute Gasteiger partial charge is 0.150 e. The van der Waals surface area contributed by atoms with Crippen LogP contribution in [0.4, 0.5) is 5.82 Å². The SMILES string of the molecule is CN(CCc1cccs1)c1ccc(CNC2CC2)nn1. The fourth-order valence-corrected chi connectivity index (χ4v) is 2.73. The van der Waals surface area contributed by atoms with Gasteiger partial charge in [0.05, 0.1) is 5.69 Å². The Kier molecular flexibility index (Phi) is 4.28. The Morgan fingerprint density at radius 2 is 2.20 bits per heavy atom. The van der Waals surface area contributed by atoms with Gasteiger partial charge < -0.3 is 10.2 Å². The number of hydrogen-bond acceptors (Lipinski definition) is 5. The number of nitrogens with one attached hydrogen (secondary N) is 1. The lowest BCUT2D eigenvalue weighted by molar-refractivity contribution is 0.664. The normalized spacial score (nSPS) is 14.4. The van der Waals surface area contributed by atoms with Crippen LogP contribution in [-0.2, 0) is 13.0 Å². The van der Waals surface area contributed by atoms with Gasteiger partial charge in [0.15, 0.2) is 5.82 Å². The van der Waals surface area contributed by atoms with Crippen LogP contribution in [0.2, 0.25) is 0 Å². The highest BCUT2D eigenvalue weighted by Crippen LogP contribution is 2.19. The van der Waals surface area contributed by atoms with Gasteiger partial charge in [-0.05, 0) is 42.8 Å². The zero-order valence-electron chi connectivity index (χ0n) is 11.7. The van der Waals surface area contributed by atoms with Crippen LogP contribution in [0.3, 0.4) is 0 Å². The van der Waals surface area contributed by atoms with Crippen molar-refractivity contribution >= 4 is 17.2 Å². The van der Waals surface area contributed by atoms with Crippen molar-refractivity contribution in [2.75, 3.05) is 18.5 Å². The highest BCUT2D eigenvalue weighted by Gasteiger charge is 2.20. The van der Waals surface area contributed by atoms with E-state index in [4.69, 9.17) is 0 Å². The number of rotatable bonds is 7. The van der Waals surface area contributed by atoms with E-state index in [0.29, 0.717) is 6.04 Å². The van der Waals surface area contributed by atoms with Gasteiger partial charge in [-0.15, -0.1) is 16.4 Å². The second-order valence-electron chi connectivity index (χ2n) is 5.29. The molecule has 0 atom stereocenters. The summed E-state index contributed by atoms with van der Waals surface area (Å²) in [6.07, 6.45) is 3.66. The van der Waals surface area contributed by atoms with E-state index in [1.807, 2.05) is 0 Å². The maximum absolute atomic E-state index is 4.32. The first kappa shape index (κ1) is 13.5. The van der Waals surface area contributed by atoms with Gasteiger partial charge >= 0.3 is 0 Å². The molecule has 0 radical (unpaired) electrons. The van der Waals surface area contributed by atoms with E-state index >= 15 is 0 Å². The summed E-state index contributed by atoms with van der Waals surface area (Å²) in [5.74, 6) is 0.941. The predicted octanol–water partition coefficient (Wildman–Crippen LogP) is 2.47. The highest BCUT2D eigenvalue weighted by molar-refractivity contribution is 7.09. The van der Waals surface area contributed by atoms with Crippen LogP contribution in [0.1, 0.15) is 23.4 Å². The summed E-state index contributed by atoms with van der Waals surface area (Å²) in [4.78, 5) is 3.57. The van der Waals surface area contributed by atoms with Crippen molar-refractivity contribution in [3.8, 4) is 0 Å². The summed E-state index contributed by atoms with van der Waals surface area (Å²) in [5.41, 5.74) is 1.02. The molecule has 0 spiro atoms. The average Bonchev–Trinajstić information content (AvgIpc) is 3.17. The monoisotopic (exact) mass is 288 g/mol. The van der Waals surface area contributed by atoms with Crippen molar-refractivity contribution < 1.29 is 0 Å². The number of aromatic nitrogens is 2. The molecule has 1 saturated carbocycles. The van der Waals surface area contributed by atoms with Crippen LogP contribution in [-0.4, -0.2) is 29.8 Å². The molecule has 0 amide bonds. The standard InChI is InChI=1S/C15H20N4S/c1-19(9-8-14-3-2-10-20-14)15-7-6-13(17-18-15)11-16-12-4-5-12/h2-3,6-7,10,12,16H,4-5,8-9,11H2,1H3. The average molecular weight is 288 g/mol. The molecule has 3 rings (SSSR count). The minimum absolute atomic E-state index is 0.713. The molecule has 5 heteroatoms. The molecule has 2 aromatic heterocycles. The first-order chi connectivity index (χ1) is 9.81. The molecule has 0 saturated heterocycles. The largest absolute Gasteiger partial charge is 0.358 e. The summed E-state index contributed by atoms with van der Waals surface area (Å²) in [6.45, 7) is 1.80. The molecular weight excluding hydrogens is 268 g/mol. The Bertz CT molecular complexity index is 519. The van der Waals surface area contributed by atoms with E-state index in [2.05, 4.69) is 57.1 Å². The zero-order chi connectivity index (χ0) is 13.8. The van der Waals surface area contributed by atoms with Gasteiger partial charge in [0.25, 0.3) is 0 Å². The molecule has 4 nitrogen and oxygen atoms in total. The molecule has 2 aromatic rings. The van der Waals surface area contributed by atoms with E-state index < -0.39 is 0 Å². The Hall–Kier alpha value is -1.46. The third-order valence-electron chi connectivity index (χ3n) is 3.52. The molecule has 20 heavy (non-hydrogen) atoms. The van der Waals surface area contributed by atoms with Crippen molar-refractivity contribution in [1.82, 2.24) is 15.5 Å². The third-order valence-corrected chi connectivity index (χ3v) is 4.46. The van der Waals surface area contributed by atoms with Gasteiger partial charge in [-0.2, -0.15) is 5.10 Å². The van der Waals surface area contributed by atoms with Gasteiger partial charge in [0.2, 0.25) is 0 Å². The molecule has 2 heterocycles. The van der Waals surface area contributed by atoms with Crippen LogP contribution in [0.25, 0.3) is 0 Å². The van der Waals surface area contributed by atoms with E-state index in [9.17, 15) is 0 Å². The van der Waals surface area contributed by atoms with Crippen molar-refractivity contribution in [3.05, 3.63) is 40.2 Å². The Morgan fingerprint density at radius 1 is 1.30 bits per heavy atom. The lowest BCUT2D eigenvalue weighted by atomic mass is 10.3. The van der Waals surface area contributed by atoms with Gasteiger partial charge in [-0.1, -0.05) is 6.07 Å². The number of thiophene rings is 1. The van der Waals surface area contributed by atoms with Crippen LogP contribution >= 0.6 is 11.3 Å². The first-order valence-corrected chi connectivity index (χ1v) is 7.99. The fourth-order valence-electron chi connectivity index (χ4n) is 2.03. The molecule has 0 unspecified atom stereocenters. The zero-order valence-corrected chi connectivity index (χ0v) is 12.6. The van der Waals surface area contributed by atoms with Gasteiger partial charge in [-0.3, -0.25) is 0 Å². The lowest BCUT2D eigenvalue weighted by Gasteiger charge is -2.17. The molecule has 1 aliphatic rings. The Balaban J connectivity index is 1.50. The lowest BCUT2D eigenvalue weighted by Crippen LogP contribution is -2.22. The van der Waals surface area contributed by atoms with Gasteiger partial charge in [-0.25, -0.2) is 0 Å². The van der Waals surface area contributed by atoms with Gasteiger partial charge in [0.1, 0.15) is 0 Å². The first-order valence-electron chi connectivity index (χ1n) is 7.11. The number of hydrogen-bond donors (Lipinski definition) is 1. The van der Waals surface area contributed by atoms with Crippen LogP contribution in [0.5, 0.6) is 0 Å². The van der Waals surface area contributed by atoms with Crippen molar-refractivity contribution in [3.63, 3.8) is 0 Å². The van der Waals surface area contributed by atoms with E-state index in [1.165, 1.54) is 17.7 Å². The van der Waals surface area contributed by atoms with Crippen molar-refractivity contribution in [1.29, 1.82) is 0 Å². The highest BCUT2D eigenvalue weighted by atomic mass is 32.1. The number of anilines is 1. The molecule has 0 aromatic carbocycles. The topological polar surface area (TPSA) is 41.0 Å². The second kappa shape index (κ2) is 6.33. The molecule has 1 N–H and O–H groups in total. The van der Waals surface area contributed by atoms with Crippen molar-refractivity contribution in [2.24, 2.45) is 0 Å². The van der Waals surface area contributed by atoms with E-state index in [-0.39, 0.29) is 0 Å². The molecular formula is C15H20N4S. The van der Waals surface area contributed by atoms with E-state index in [0.717, 1.165) is 31.0 Å². The summed E-state index contributed by atoms with van der Waals surface area (Å²) in [6, 6.07) is 9.12. The van der Waals surface area contributed by atoms with Crippen molar-refractivity contribution in [2.45, 2.75) is 31.8 Å². The number of likely N-dealkylation sites (N-methyl/N-ethyl adjacent to an activating group) is 1. The molecule has 1 fully saturated rings. The van der Waals surface area contributed by atoms with Gasteiger partial charge in [0, 0.05) is 31.1 Å². The van der Waals surface area contributed by atoms with E-state index in [1.54, 1.807) is 11.3 Å². The molecule has 0 bridgehead atoms. The summed E-state index contributed by atoms with van der Waals surface area (Å²) >= 11 is 1.81. The van der Waals surface area contributed by atoms with Crippen LogP contribution < -0.4 is 10.2 Å². The minimum Gasteiger partial charge on any atom is -0.358 e. The quantitative estimate of drug-likeness (QED) is 0.850. The van der Waals surface area contributed by atoms with Crippen LogP contribution in [0.15, 0.2) is 29.6 Å². The third kappa shape index (κ3) is 3.77. The Labute approximate surface area is 123 Å². The summed E-state index contributed by atoms with van der Waals surface area (Å²) in [7, 11) is 2.07.